The summed E-state index contributed by atoms with van der Waals surface area (Å²) in [6.45, 7) is 0. The zero-order valence-corrected chi connectivity index (χ0v) is 9.02. The third-order valence-corrected chi connectivity index (χ3v) is 3.40. The van der Waals surface area contributed by atoms with Gasteiger partial charge in [-0.1, -0.05) is 35.8 Å². The minimum absolute atomic E-state index is 0.386. The van der Waals surface area contributed by atoms with Crippen LogP contribution in [-0.4, -0.2) is 5.16 Å². The summed E-state index contributed by atoms with van der Waals surface area (Å²) >= 11 is 0. The van der Waals surface area contributed by atoms with Gasteiger partial charge in [-0.15, -0.1) is 0 Å². The molecular formula is C13H14N2O. The Balaban J connectivity index is 1.90. The molecule has 1 heterocycles. The first kappa shape index (κ1) is 9.46. The predicted molar refractivity (Wildman–Crippen MR) is 62.9 cm³/mol. The third kappa shape index (κ3) is 1.48. The minimum Gasteiger partial charge on any atom is -0.367 e. The van der Waals surface area contributed by atoms with Gasteiger partial charge in [-0.2, -0.15) is 0 Å². The van der Waals surface area contributed by atoms with Crippen LogP contribution < -0.4 is 5.73 Å². The first-order valence-corrected chi connectivity index (χ1v) is 5.65. The van der Waals surface area contributed by atoms with Crippen LogP contribution in [0.1, 0.15) is 30.7 Å². The highest BCUT2D eigenvalue weighted by atomic mass is 16.5. The summed E-state index contributed by atoms with van der Waals surface area (Å²) < 4.78 is 4.86. The monoisotopic (exact) mass is 214 g/mol. The van der Waals surface area contributed by atoms with E-state index in [9.17, 15) is 0 Å². The van der Waals surface area contributed by atoms with Crippen LogP contribution in [0.15, 0.2) is 35.0 Å². The van der Waals surface area contributed by atoms with Crippen LogP contribution in [0.5, 0.6) is 0 Å². The normalized spacial score (nSPS) is 16.0. The molecule has 82 valence electrons. The molecule has 1 aliphatic rings. The lowest BCUT2D eigenvalue weighted by molar-refractivity contribution is 0.420. The lowest BCUT2D eigenvalue weighted by Gasteiger charge is -2.25. The van der Waals surface area contributed by atoms with Gasteiger partial charge in [0.2, 0.25) is 5.88 Å². The van der Waals surface area contributed by atoms with E-state index in [0.717, 1.165) is 17.0 Å². The molecule has 0 saturated heterocycles. The lowest BCUT2D eigenvalue weighted by Crippen LogP contribution is -2.08. The van der Waals surface area contributed by atoms with Gasteiger partial charge in [-0.05, 0) is 29.9 Å². The summed E-state index contributed by atoms with van der Waals surface area (Å²) in [6.07, 6.45) is 5.68. The van der Waals surface area contributed by atoms with Crippen LogP contribution in [0.4, 0.5) is 5.88 Å². The van der Waals surface area contributed by atoms with E-state index in [2.05, 4.69) is 29.4 Å². The van der Waals surface area contributed by atoms with Crippen LogP contribution in [0.25, 0.3) is 11.1 Å². The van der Waals surface area contributed by atoms with Crippen molar-refractivity contribution in [1.29, 1.82) is 0 Å². The molecular weight excluding hydrogens is 200 g/mol. The molecule has 1 aliphatic carbocycles. The van der Waals surface area contributed by atoms with Crippen molar-refractivity contribution in [3.8, 4) is 11.1 Å². The topological polar surface area (TPSA) is 52.0 Å². The van der Waals surface area contributed by atoms with Crippen molar-refractivity contribution in [2.45, 2.75) is 25.2 Å². The second-order valence-corrected chi connectivity index (χ2v) is 4.35. The Hall–Kier alpha value is -1.77. The lowest BCUT2D eigenvalue weighted by atomic mass is 9.80. The molecule has 2 N–H and O–H groups in total. The van der Waals surface area contributed by atoms with Gasteiger partial charge in [0.25, 0.3) is 0 Å². The first-order chi connectivity index (χ1) is 7.84. The van der Waals surface area contributed by atoms with Gasteiger partial charge in [0.05, 0.1) is 11.8 Å². The van der Waals surface area contributed by atoms with E-state index < -0.39 is 0 Å². The Morgan fingerprint density at radius 2 is 1.94 bits per heavy atom. The highest BCUT2D eigenvalue weighted by molar-refractivity contribution is 5.71. The number of rotatable bonds is 2. The third-order valence-electron chi connectivity index (χ3n) is 3.40. The summed E-state index contributed by atoms with van der Waals surface area (Å²) in [6, 6.07) is 8.56. The highest BCUT2D eigenvalue weighted by Crippen LogP contribution is 2.37. The Kier molecular flexibility index (Phi) is 2.17. The maximum Gasteiger partial charge on any atom is 0.229 e. The minimum atomic E-state index is 0.386. The van der Waals surface area contributed by atoms with E-state index in [0.29, 0.717) is 5.88 Å². The molecule has 1 aromatic carbocycles. The van der Waals surface area contributed by atoms with Crippen LogP contribution in [0, 0.1) is 0 Å². The molecule has 1 saturated carbocycles. The molecule has 1 fully saturated rings. The van der Waals surface area contributed by atoms with Gasteiger partial charge in [0.1, 0.15) is 0 Å². The molecule has 0 amide bonds. The van der Waals surface area contributed by atoms with Crippen LogP contribution >= 0.6 is 0 Å². The highest BCUT2D eigenvalue weighted by Gasteiger charge is 2.19. The molecule has 2 aromatic rings. The van der Waals surface area contributed by atoms with Crippen molar-refractivity contribution in [3.63, 3.8) is 0 Å². The summed E-state index contributed by atoms with van der Waals surface area (Å²) in [7, 11) is 0. The average molecular weight is 214 g/mol. The second-order valence-electron chi connectivity index (χ2n) is 4.35. The standard InChI is InChI=1S/C13H14N2O/c14-13-12(8-15-16-13)11-6-4-10(5-7-11)9-2-1-3-9/h4-9H,1-3,14H2. The fourth-order valence-corrected chi connectivity index (χ4v) is 2.14. The number of nitrogens with two attached hydrogens (primary N) is 1. The molecule has 1 aromatic heterocycles. The zero-order chi connectivity index (χ0) is 11.0. The molecule has 0 bridgehead atoms. The largest absolute Gasteiger partial charge is 0.367 e. The second kappa shape index (κ2) is 3.67. The number of hydrogen-bond acceptors (Lipinski definition) is 3. The van der Waals surface area contributed by atoms with Crippen molar-refractivity contribution in [3.05, 3.63) is 36.0 Å². The van der Waals surface area contributed by atoms with E-state index in [4.69, 9.17) is 10.3 Å². The van der Waals surface area contributed by atoms with E-state index in [1.165, 1.54) is 24.8 Å². The zero-order valence-electron chi connectivity index (χ0n) is 9.02. The van der Waals surface area contributed by atoms with Gasteiger partial charge >= 0.3 is 0 Å². The van der Waals surface area contributed by atoms with Crippen LogP contribution in [0.3, 0.4) is 0 Å². The Morgan fingerprint density at radius 1 is 1.19 bits per heavy atom. The summed E-state index contributed by atoms with van der Waals surface area (Å²) in [5, 5.41) is 3.68. The van der Waals surface area contributed by atoms with Gasteiger partial charge in [-0.3, -0.25) is 0 Å². The van der Waals surface area contributed by atoms with Crippen molar-refractivity contribution in [1.82, 2.24) is 5.16 Å². The molecule has 3 rings (SSSR count). The number of benzene rings is 1. The maximum atomic E-state index is 5.68. The van der Waals surface area contributed by atoms with Crippen molar-refractivity contribution >= 4 is 5.88 Å². The predicted octanol–water partition coefficient (Wildman–Crippen LogP) is 3.19. The number of hydrogen-bond donors (Lipinski definition) is 1. The summed E-state index contributed by atoms with van der Waals surface area (Å²) in [4.78, 5) is 0. The van der Waals surface area contributed by atoms with Gasteiger partial charge in [0, 0.05) is 0 Å². The summed E-state index contributed by atoms with van der Waals surface area (Å²) in [5.74, 6) is 1.16. The molecule has 0 aliphatic heterocycles. The van der Waals surface area contributed by atoms with Gasteiger partial charge < -0.3 is 10.3 Å². The molecule has 0 radical (unpaired) electrons. The Morgan fingerprint density at radius 3 is 2.44 bits per heavy atom. The molecule has 0 spiro atoms. The van der Waals surface area contributed by atoms with Crippen LogP contribution in [-0.2, 0) is 0 Å². The SMILES string of the molecule is Nc1oncc1-c1ccc(C2CCC2)cc1. The van der Waals surface area contributed by atoms with Crippen molar-refractivity contribution in [2.24, 2.45) is 0 Å². The fourth-order valence-electron chi connectivity index (χ4n) is 2.14. The number of nitrogen functional groups attached to an aromatic ring is 1. The number of anilines is 1. The first-order valence-electron chi connectivity index (χ1n) is 5.65. The quantitative estimate of drug-likeness (QED) is 0.835. The maximum absolute atomic E-state index is 5.68. The van der Waals surface area contributed by atoms with E-state index in [1.54, 1.807) is 6.20 Å². The number of aromatic nitrogens is 1. The molecule has 0 atom stereocenters. The van der Waals surface area contributed by atoms with Crippen molar-refractivity contribution in [2.75, 3.05) is 5.73 Å². The van der Waals surface area contributed by atoms with Crippen molar-refractivity contribution < 1.29 is 4.52 Å². The Bertz CT molecular complexity index is 483. The fraction of sp³-hybridized carbons (Fsp3) is 0.308. The van der Waals surface area contributed by atoms with Gasteiger partial charge in [0.15, 0.2) is 0 Å². The summed E-state index contributed by atoms with van der Waals surface area (Å²) in [5.41, 5.74) is 9.06. The van der Waals surface area contributed by atoms with Crippen LogP contribution in [0.2, 0.25) is 0 Å². The van der Waals surface area contributed by atoms with E-state index >= 15 is 0 Å². The number of nitrogens with zero attached hydrogens (tertiary/aromatic N) is 1. The van der Waals surface area contributed by atoms with Gasteiger partial charge in [-0.25, -0.2) is 0 Å². The molecule has 3 nitrogen and oxygen atoms in total. The molecule has 3 heteroatoms. The van der Waals surface area contributed by atoms with E-state index in [1.807, 2.05) is 0 Å². The smallest absolute Gasteiger partial charge is 0.229 e. The average Bonchev–Trinajstić information content (AvgIpc) is 2.63. The molecule has 0 unspecified atom stereocenters. The molecule has 16 heavy (non-hydrogen) atoms. The Labute approximate surface area is 94.2 Å². The van der Waals surface area contributed by atoms with E-state index in [-0.39, 0.29) is 0 Å².